The molecule has 2 fully saturated rings. The molecule has 142 valence electrons. The third kappa shape index (κ3) is 3.44. The fraction of sp³-hybridized carbons (Fsp3) is 0.421. The SMILES string of the molecule is O=C(c1cc(=O)[nH]c2ccc(F)cc12)N1CCOC(C(=O)N2CCCC2)C1. The molecule has 1 atom stereocenters. The van der Waals surface area contributed by atoms with E-state index in [1.165, 1.54) is 29.2 Å². The molecule has 0 bridgehead atoms. The van der Waals surface area contributed by atoms with E-state index in [2.05, 4.69) is 4.98 Å². The molecule has 1 aromatic heterocycles. The Kier molecular flexibility index (Phi) is 4.65. The fourth-order valence-electron chi connectivity index (χ4n) is 3.70. The Labute approximate surface area is 154 Å². The summed E-state index contributed by atoms with van der Waals surface area (Å²) in [6.45, 7) is 2.10. The summed E-state index contributed by atoms with van der Waals surface area (Å²) in [5.41, 5.74) is 0.0862. The van der Waals surface area contributed by atoms with Gasteiger partial charge in [-0.1, -0.05) is 0 Å². The lowest BCUT2D eigenvalue weighted by atomic mass is 10.1. The number of pyridine rings is 1. The number of aromatic amines is 1. The Hall–Kier alpha value is -2.74. The summed E-state index contributed by atoms with van der Waals surface area (Å²) in [7, 11) is 0. The van der Waals surface area contributed by atoms with E-state index < -0.39 is 23.4 Å². The third-order valence-corrected chi connectivity index (χ3v) is 5.08. The smallest absolute Gasteiger partial charge is 0.254 e. The zero-order valence-corrected chi connectivity index (χ0v) is 14.7. The van der Waals surface area contributed by atoms with Crippen molar-refractivity contribution in [2.24, 2.45) is 0 Å². The highest BCUT2D eigenvalue weighted by Gasteiger charge is 2.33. The van der Waals surface area contributed by atoms with Gasteiger partial charge in [-0.05, 0) is 31.0 Å². The molecule has 0 saturated carbocycles. The molecule has 8 heteroatoms. The highest BCUT2D eigenvalue weighted by atomic mass is 19.1. The van der Waals surface area contributed by atoms with Crippen LogP contribution in [-0.4, -0.2) is 65.5 Å². The number of hydrogen-bond donors (Lipinski definition) is 1. The topological polar surface area (TPSA) is 82.7 Å². The minimum atomic E-state index is -0.703. The molecule has 1 unspecified atom stereocenters. The van der Waals surface area contributed by atoms with E-state index >= 15 is 0 Å². The van der Waals surface area contributed by atoms with E-state index in [1.54, 1.807) is 4.90 Å². The number of morpholine rings is 1. The first-order valence-electron chi connectivity index (χ1n) is 9.05. The van der Waals surface area contributed by atoms with Crippen LogP contribution in [-0.2, 0) is 9.53 Å². The zero-order chi connectivity index (χ0) is 19.0. The molecule has 0 aliphatic carbocycles. The maximum Gasteiger partial charge on any atom is 0.254 e. The molecular formula is C19H20FN3O4. The lowest BCUT2D eigenvalue weighted by molar-refractivity contribution is -0.147. The van der Waals surface area contributed by atoms with Crippen molar-refractivity contribution in [2.45, 2.75) is 18.9 Å². The van der Waals surface area contributed by atoms with Crippen molar-refractivity contribution in [3.63, 3.8) is 0 Å². The molecule has 3 heterocycles. The number of nitrogens with zero attached hydrogens (tertiary/aromatic N) is 2. The standard InChI is InChI=1S/C19H20FN3O4/c20-12-3-4-15-13(9-12)14(10-17(24)21-15)18(25)23-7-8-27-16(11-23)19(26)22-5-1-2-6-22/h3-4,9-10,16H,1-2,5-8,11H2,(H,21,24). The summed E-state index contributed by atoms with van der Waals surface area (Å²) in [6.07, 6.45) is 1.25. The molecular weight excluding hydrogens is 353 g/mol. The average Bonchev–Trinajstić information content (AvgIpc) is 3.21. The van der Waals surface area contributed by atoms with Crippen LogP contribution in [0.25, 0.3) is 10.9 Å². The van der Waals surface area contributed by atoms with Crippen LogP contribution in [0.5, 0.6) is 0 Å². The number of rotatable bonds is 2. The number of aromatic nitrogens is 1. The number of halogens is 1. The molecule has 4 rings (SSSR count). The number of ether oxygens (including phenoxy) is 1. The number of nitrogens with one attached hydrogen (secondary N) is 1. The van der Waals surface area contributed by atoms with Gasteiger partial charge in [0.25, 0.3) is 11.8 Å². The summed E-state index contributed by atoms with van der Waals surface area (Å²) in [5, 5.41) is 0.341. The first kappa shape index (κ1) is 17.7. The maximum absolute atomic E-state index is 13.7. The monoisotopic (exact) mass is 373 g/mol. The highest BCUT2D eigenvalue weighted by Crippen LogP contribution is 2.20. The van der Waals surface area contributed by atoms with Crippen molar-refractivity contribution in [3.05, 3.63) is 46.0 Å². The molecule has 0 radical (unpaired) electrons. The number of amides is 2. The quantitative estimate of drug-likeness (QED) is 0.856. The van der Waals surface area contributed by atoms with Gasteiger partial charge in [0.15, 0.2) is 6.10 Å². The van der Waals surface area contributed by atoms with Crippen molar-refractivity contribution in [2.75, 3.05) is 32.8 Å². The minimum Gasteiger partial charge on any atom is -0.365 e. The summed E-state index contributed by atoms with van der Waals surface area (Å²) < 4.78 is 19.3. The van der Waals surface area contributed by atoms with E-state index in [0.717, 1.165) is 12.8 Å². The summed E-state index contributed by atoms with van der Waals surface area (Å²) in [5.74, 6) is -1.00. The number of carbonyl (C=O) groups is 2. The van der Waals surface area contributed by atoms with Crippen molar-refractivity contribution >= 4 is 22.7 Å². The van der Waals surface area contributed by atoms with E-state index in [9.17, 15) is 18.8 Å². The molecule has 27 heavy (non-hydrogen) atoms. The summed E-state index contributed by atoms with van der Waals surface area (Å²) >= 11 is 0. The Morgan fingerprint density at radius 1 is 1.11 bits per heavy atom. The number of carbonyl (C=O) groups excluding carboxylic acids is 2. The predicted molar refractivity (Wildman–Crippen MR) is 96.0 cm³/mol. The minimum absolute atomic E-state index is 0.105. The molecule has 7 nitrogen and oxygen atoms in total. The second-order valence-electron chi connectivity index (χ2n) is 6.88. The van der Waals surface area contributed by atoms with Crippen LogP contribution in [0.1, 0.15) is 23.2 Å². The molecule has 1 aromatic carbocycles. The zero-order valence-electron chi connectivity index (χ0n) is 14.7. The van der Waals surface area contributed by atoms with Crippen molar-refractivity contribution in [3.8, 4) is 0 Å². The van der Waals surface area contributed by atoms with E-state index in [1.807, 2.05) is 0 Å². The van der Waals surface area contributed by atoms with Crippen LogP contribution in [0.2, 0.25) is 0 Å². The number of benzene rings is 1. The maximum atomic E-state index is 13.7. The van der Waals surface area contributed by atoms with Gasteiger partial charge in [-0.25, -0.2) is 4.39 Å². The first-order valence-corrected chi connectivity index (χ1v) is 9.05. The van der Waals surface area contributed by atoms with E-state index in [0.29, 0.717) is 30.5 Å². The predicted octanol–water partition coefficient (Wildman–Crippen LogP) is 1.13. The molecule has 2 amide bonds. The van der Waals surface area contributed by atoms with Gasteiger partial charge in [-0.15, -0.1) is 0 Å². The highest BCUT2D eigenvalue weighted by molar-refractivity contribution is 6.06. The van der Waals surface area contributed by atoms with Gasteiger partial charge >= 0.3 is 0 Å². The lowest BCUT2D eigenvalue weighted by Crippen LogP contribution is -2.52. The van der Waals surface area contributed by atoms with Crippen LogP contribution < -0.4 is 5.56 Å². The lowest BCUT2D eigenvalue weighted by Gasteiger charge is -2.34. The van der Waals surface area contributed by atoms with Crippen LogP contribution in [0.3, 0.4) is 0 Å². The number of hydrogen-bond acceptors (Lipinski definition) is 4. The Morgan fingerprint density at radius 2 is 1.89 bits per heavy atom. The Bertz CT molecular complexity index is 952. The van der Waals surface area contributed by atoms with E-state index in [-0.39, 0.29) is 24.6 Å². The Balaban J connectivity index is 1.61. The average molecular weight is 373 g/mol. The van der Waals surface area contributed by atoms with Crippen molar-refractivity contribution < 1.29 is 18.7 Å². The van der Waals surface area contributed by atoms with Gasteiger partial charge in [0.1, 0.15) is 5.82 Å². The molecule has 1 N–H and O–H groups in total. The number of likely N-dealkylation sites (tertiary alicyclic amines) is 1. The van der Waals surface area contributed by atoms with Crippen molar-refractivity contribution in [1.29, 1.82) is 0 Å². The van der Waals surface area contributed by atoms with Gasteiger partial charge in [0, 0.05) is 36.6 Å². The van der Waals surface area contributed by atoms with Gasteiger partial charge < -0.3 is 19.5 Å². The van der Waals surface area contributed by atoms with Crippen LogP contribution in [0.15, 0.2) is 29.1 Å². The molecule has 2 aromatic rings. The van der Waals surface area contributed by atoms with E-state index in [4.69, 9.17) is 4.74 Å². The summed E-state index contributed by atoms with van der Waals surface area (Å²) in [6, 6.07) is 5.07. The molecule has 0 spiro atoms. The van der Waals surface area contributed by atoms with Crippen LogP contribution >= 0.6 is 0 Å². The van der Waals surface area contributed by atoms with Gasteiger partial charge in [0.05, 0.1) is 18.7 Å². The van der Waals surface area contributed by atoms with Gasteiger partial charge in [0.2, 0.25) is 5.56 Å². The second-order valence-corrected chi connectivity index (χ2v) is 6.88. The molecule has 2 aliphatic heterocycles. The fourth-order valence-corrected chi connectivity index (χ4v) is 3.70. The van der Waals surface area contributed by atoms with Crippen LogP contribution in [0, 0.1) is 5.82 Å². The second kappa shape index (κ2) is 7.11. The van der Waals surface area contributed by atoms with Gasteiger partial charge in [-0.2, -0.15) is 0 Å². The van der Waals surface area contributed by atoms with Crippen molar-refractivity contribution in [1.82, 2.24) is 14.8 Å². The first-order chi connectivity index (χ1) is 13.0. The Morgan fingerprint density at radius 3 is 2.67 bits per heavy atom. The normalized spacial score (nSPS) is 20.3. The molecule has 2 saturated heterocycles. The summed E-state index contributed by atoms with van der Waals surface area (Å²) in [4.78, 5) is 43.4. The van der Waals surface area contributed by atoms with Gasteiger partial charge in [-0.3, -0.25) is 14.4 Å². The number of fused-ring (bicyclic) bond motifs is 1. The third-order valence-electron chi connectivity index (χ3n) is 5.08. The van der Waals surface area contributed by atoms with Crippen LogP contribution in [0.4, 0.5) is 4.39 Å². The molecule has 2 aliphatic rings. The number of H-pyrrole nitrogens is 1. The largest absolute Gasteiger partial charge is 0.365 e.